The van der Waals surface area contributed by atoms with E-state index in [1.807, 2.05) is 17.9 Å². The number of carbonyl (C=O) groups excluding carboxylic acids is 1. The zero-order chi connectivity index (χ0) is 13.1. The van der Waals surface area contributed by atoms with E-state index in [1.54, 1.807) is 13.0 Å². The molecule has 1 N–H and O–H groups in total. The van der Waals surface area contributed by atoms with Crippen molar-refractivity contribution in [1.82, 2.24) is 4.90 Å². The third kappa shape index (κ3) is 2.81. The van der Waals surface area contributed by atoms with Crippen molar-refractivity contribution in [3.63, 3.8) is 0 Å². The second-order valence-electron chi connectivity index (χ2n) is 4.86. The van der Waals surface area contributed by atoms with Gasteiger partial charge in [-0.3, -0.25) is 4.79 Å². The summed E-state index contributed by atoms with van der Waals surface area (Å²) < 4.78 is 13.7. The number of carbonyl (C=O) groups is 1. The monoisotopic (exact) mass is 250 g/mol. The van der Waals surface area contributed by atoms with E-state index in [-0.39, 0.29) is 17.8 Å². The van der Waals surface area contributed by atoms with Crippen LogP contribution in [0, 0.1) is 12.7 Å². The molecule has 0 unspecified atom stereocenters. The first kappa shape index (κ1) is 12.9. The van der Waals surface area contributed by atoms with Crippen LogP contribution in [0.25, 0.3) is 0 Å². The first-order chi connectivity index (χ1) is 8.58. The Morgan fingerprint density at radius 2 is 2.06 bits per heavy atom. The van der Waals surface area contributed by atoms with Crippen LogP contribution in [0.15, 0.2) is 18.2 Å². The number of benzene rings is 1. The zero-order valence-corrected chi connectivity index (χ0v) is 10.9. The first-order valence-corrected chi connectivity index (χ1v) is 6.35. The largest absolute Gasteiger partial charge is 0.380 e. The smallest absolute Gasteiger partial charge is 0.219 e. The highest BCUT2D eigenvalue weighted by molar-refractivity contribution is 5.73. The van der Waals surface area contributed by atoms with Crippen molar-refractivity contribution in [2.45, 2.75) is 32.7 Å². The Hall–Kier alpha value is -1.58. The van der Waals surface area contributed by atoms with Crippen LogP contribution >= 0.6 is 0 Å². The molecule has 1 saturated heterocycles. The molecule has 1 aromatic rings. The van der Waals surface area contributed by atoms with Gasteiger partial charge in [-0.1, -0.05) is 12.1 Å². The molecule has 0 saturated carbocycles. The van der Waals surface area contributed by atoms with Gasteiger partial charge in [-0.25, -0.2) is 4.39 Å². The molecule has 4 heteroatoms. The number of nitrogens with zero attached hydrogens (tertiary/aromatic N) is 1. The fourth-order valence-electron chi connectivity index (χ4n) is 2.36. The van der Waals surface area contributed by atoms with Crippen molar-refractivity contribution >= 4 is 11.6 Å². The van der Waals surface area contributed by atoms with Crippen molar-refractivity contribution < 1.29 is 9.18 Å². The van der Waals surface area contributed by atoms with Crippen molar-refractivity contribution in [3.05, 3.63) is 29.6 Å². The Morgan fingerprint density at radius 1 is 1.39 bits per heavy atom. The number of rotatable bonds is 2. The minimum Gasteiger partial charge on any atom is -0.380 e. The number of para-hydroxylation sites is 1. The highest BCUT2D eigenvalue weighted by Crippen LogP contribution is 2.22. The molecule has 0 bridgehead atoms. The molecule has 0 spiro atoms. The van der Waals surface area contributed by atoms with Crippen molar-refractivity contribution in [2.24, 2.45) is 0 Å². The minimum absolute atomic E-state index is 0.121. The number of nitrogens with one attached hydrogen (secondary N) is 1. The highest BCUT2D eigenvalue weighted by Gasteiger charge is 2.21. The third-order valence-corrected chi connectivity index (χ3v) is 3.51. The SMILES string of the molecule is CC(=O)N1CCC(Nc2c(C)cccc2F)CC1. The minimum atomic E-state index is -0.205. The summed E-state index contributed by atoms with van der Waals surface area (Å²) in [6, 6.07) is 5.33. The molecule has 1 fully saturated rings. The van der Waals surface area contributed by atoms with E-state index in [1.165, 1.54) is 6.07 Å². The van der Waals surface area contributed by atoms with Gasteiger partial charge in [-0.15, -0.1) is 0 Å². The molecule has 1 aliphatic heterocycles. The van der Waals surface area contributed by atoms with Crippen LogP contribution in [0.3, 0.4) is 0 Å². The molecule has 1 heterocycles. The van der Waals surface area contributed by atoms with Gasteiger partial charge in [0.05, 0.1) is 5.69 Å². The molecule has 1 aliphatic rings. The van der Waals surface area contributed by atoms with Gasteiger partial charge < -0.3 is 10.2 Å². The van der Waals surface area contributed by atoms with Crippen molar-refractivity contribution in [1.29, 1.82) is 0 Å². The predicted molar refractivity (Wildman–Crippen MR) is 70.0 cm³/mol. The van der Waals surface area contributed by atoms with Crippen molar-refractivity contribution in [3.8, 4) is 0 Å². The highest BCUT2D eigenvalue weighted by atomic mass is 19.1. The molecule has 1 aromatic carbocycles. The quantitative estimate of drug-likeness (QED) is 0.875. The molecule has 0 atom stereocenters. The van der Waals surface area contributed by atoms with E-state index < -0.39 is 0 Å². The molecular weight excluding hydrogens is 231 g/mol. The van der Waals surface area contributed by atoms with E-state index in [9.17, 15) is 9.18 Å². The average Bonchev–Trinajstić information content (AvgIpc) is 2.34. The Bertz CT molecular complexity index is 419. The summed E-state index contributed by atoms with van der Waals surface area (Å²) in [7, 11) is 0. The van der Waals surface area contributed by atoms with Crippen LogP contribution in [0.5, 0.6) is 0 Å². The van der Waals surface area contributed by atoms with E-state index in [4.69, 9.17) is 0 Å². The summed E-state index contributed by atoms with van der Waals surface area (Å²) in [5.41, 5.74) is 1.52. The maximum atomic E-state index is 13.7. The topological polar surface area (TPSA) is 32.3 Å². The lowest BCUT2D eigenvalue weighted by atomic mass is 10.0. The summed E-state index contributed by atoms with van der Waals surface area (Å²) in [5, 5.41) is 3.26. The van der Waals surface area contributed by atoms with Gasteiger partial charge >= 0.3 is 0 Å². The third-order valence-electron chi connectivity index (χ3n) is 3.51. The Morgan fingerprint density at radius 3 is 2.61 bits per heavy atom. The molecule has 1 amide bonds. The summed E-state index contributed by atoms with van der Waals surface area (Å²) in [5.74, 6) is -0.0838. The zero-order valence-electron chi connectivity index (χ0n) is 10.9. The number of likely N-dealkylation sites (tertiary alicyclic amines) is 1. The number of hydrogen-bond acceptors (Lipinski definition) is 2. The Labute approximate surface area is 107 Å². The molecule has 0 aromatic heterocycles. The van der Waals surface area contributed by atoms with Gasteiger partial charge in [0.25, 0.3) is 0 Å². The molecular formula is C14H19FN2O. The Balaban J connectivity index is 1.98. The maximum absolute atomic E-state index is 13.7. The number of halogens is 1. The number of piperidine rings is 1. The lowest BCUT2D eigenvalue weighted by Gasteiger charge is -2.32. The summed E-state index contributed by atoms with van der Waals surface area (Å²) in [6.07, 6.45) is 1.74. The summed E-state index contributed by atoms with van der Waals surface area (Å²) in [6.45, 7) is 4.99. The van der Waals surface area contributed by atoms with Gasteiger partial charge in [-0.05, 0) is 31.4 Å². The second kappa shape index (κ2) is 5.38. The van der Waals surface area contributed by atoms with E-state index in [0.717, 1.165) is 31.5 Å². The van der Waals surface area contributed by atoms with Gasteiger partial charge in [0.1, 0.15) is 5.82 Å². The van der Waals surface area contributed by atoms with Gasteiger partial charge in [0.15, 0.2) is 0 Å². The van der Waals surface area contributed by atoms with Gasteiger partial charge in [-0.2, -0.15) is 0 Å². The maximum Gasteiger partial charge on any atom is 0.219 e. The van der Waals surface area contributed by atoms with Gasteiger partial charge in [0.2, 0.25) is 5.91 Å². The van der Waals surface area contributed by atoms with Crippen LogP contribution in [0.4, 0.5) is 10.1 Å². The lowest BCUT2D eigenvalue weighted by Crippen LogP contribution is -2.41. The fourth-order valence-corrected chi connectivity index (χ4v) is 2.36. The molecule has 3 nitrogen and oxygen atoms in total. The standard InChI is InChI=1S/C14H19FN2O/c1-10-4-3-5-13(15)14(10)16-12-6-8-17(9-7-12)11(2)18/h3-5,12,16H,6-9H2,1-2H3. The number of aryl methyl sites for hydroxylation is 1. The van der Waals surface area contributed by atoms with E-state index >= 15 is 0 Å². The Kier molecular flexibility index (Phi) is 3.84. The lowest BCUT2D eigenvalue weighted by molar-refractivity contribution is -0.129. The van der Waals surface area contributed by atoms with Gasteiger partial charge in [0, 0.05) is 26.1 Å². The summed E-state index contributed by atoms with van der Waals surface area (Å²) in [4.78, 5) is 13.1. The number of hydrogen-bond donors (Lipinski definition) is 1. The van der Waals surface area contributed by atoms with Crippen LogP contribution in [0.2, 0.25) is 0 Å². The molecule has 0 aliphatic carbocycles. The van der Waals surface area contributed by atoms with Crippen molar-refractivity contribution in [2.75, 3.05) is 18.4 Å². The summed E-state index contributed by atoms with van der Waals surface area (Å²) >= 11 is 0. The first-order valence-electron chi connectivity index (χ1n) is 6.35. The molecule has 2 rings (SSSR count). The number of amides is 1. The predicted octanol–water partition coefficient (Wildman–Crippen LogP) is 2.56. The molecule has 98 valence electrons. The van der Waals surface area contributed by atoms with Crippen LogP contribution in [-0.4, -0.2) is 29.9 Å². The normalized spacial score (nSPS) is 16.7. The van der Waals surface area contributed by atoms with Crippen LogP contribution in [-0.2, 0) is 4.79 Å². The second-order valence-corrected chi connectivity index (χ2v) is 4.86. The fraction of sp³-hybridized carbons (Fsp3) is 0.500. The van der Waals surface area contributed by atoms with Crippen LogP contribution in [0.1, 0.15) is 25.3 Å². The van der Waals surface area contributed by atoms with E-state index in [0.29, 0.717) is 5.69 Å². The molecule has 18 heavy (non-hydrogen) atoms. The molecule has 0 radical (unpaired) electrons. The van der Waals surface area contributed by atoms with Crippen LogP contribution < -0.4 is 5.32 Å². The number of anilines is 1. The average molecular weight is 250 g/mol. The van der Waals surface area contributed by atoms with E-state index in [2.05, 4.69) is 5.32 Å².